The Balaban J connectivity index is 3.25. The van der Waals surface area contributed by atoms with Gasteiger partial charge in [-0.05, 0) is 29.3 Å². The highest BCUT2D eigenvalue weighted by molar-refractivity contribution is 6.32. The summed E-state index contributed by atoms with van der Waals surface area (Å²) in [6.45, 7) is 3.29. The molecule has 0 amide bonds. The minimum atomic E-state index is -4.86. The van der Waals surface area contributed by atoms with Gasteiger partial charge in [-0.15, -0.1) is 11.6 Å². The van der Waals surface area contributed by atoms with Gasteiger partial charge in [0.2, 0.25) is 0 Å². The smallest absolute Gasteiger partial charge is 0.457 e. The number of ether oxygens (including phenoxy) is 1. The van der Waals surface area contributed by atoms with Crippen LogP contribution in [0.15, 0.2) is 28.0 Å². The molecular weight excluding hydrogens is 353 g/mol. The van der Waals surface area contributed by atoms with Crippen molar-refractivity contribution in [3.63, 3.8) is 0 Å². The van der Waals surface area contributed by atoms with Gasteiger partial charge in [0, 0.05) is 6.42 Å². The number of hydrogen-bond acceptors (Lipinski definition) is 5. The molecule has 0 N–H and O–H groups in total. The number of halogens is 4. The Morgan fingerprint density at radius 1 is 1.54 bits per heavy atom. The zero-order chi connectivity index (χ0) is 18.5. The second kappa shape index (κ2) is 8.27. The van der Waals surface area contributed by atoms with E-state index >= 15 is 0 Å². The minimum Gasteiger partial charge on any atom is -0.464 e. The van der Waals surface area contributed by atoms with Gasteiger partial charge in [-0.2, -0.15) is 13.2 Å². The Bertz CT molecular complexity index is 612. The molecule has 0 radical (unpaired) electrons. The summed E-state index contributed by atoms with van der Waals surface area (Å²) in [6, 6.07) is 0. The predicted molar refractivity (Wildman–Crippen MR) is 81.4 cm³/mol. The molecule has 0 saturated heterocycles. The molecule has 0 aromatic carbocycles. The van der Waals surface area contributed by atoms with Crippen LogP contribution in [0.1, 0.15) is 33.1 Å². The summed E-state index contributed by atoms with van der Waals surface area (Å²) >= 11 is 5.91. The molecule has 0 spiro atoms. The quantitative estimate of drug-likeness (QED) is 0.235. The number of carbonyl (C=O) groups is 1. The highest BCUT2D eigenvalue weighted by atomic mass is 35.5. The summed E-state index contributed by atoms with van der Waals surface area (Å²) < 4.78 is 43.5. The van der Waals surface area contributed by atoms with Crippen molar-refractivity contribution in [3.8, 4) is 0 Å². The van der Waals surface area contributed by atoms with Crippen molar-refractivity contribution in [2.24, 2.45) is 4.99 Å². The van der Waals surface area contributed by atoms with Crippen LogP contribution in [-0.4, -0.2) is 34.8 Å². The molecule has 1 unspecified atom stereocenters. The molecule has 0 aromatic heterocycles. The van der Waals surface area contributed by atoms with Gasteiger partial charge in [0.05, 0.1) is 12.2 Å². The van der Waals surface area contributed by atoms with Crippen molar-refractivity contribution in [1.82, 2.24) is 0 Å². The second-order valence-electron chi connectivity index (χ2n) is 5.15. The van der Waals surface area contributed by atoms with Crippen molar-refractivity contribution in [2.45, 2.75) is 44.7 Å². The number of rotatable bonds is 6. The van der Waals surface area contributed by atoms with E-state index in [1.54, 1.807) is 0 Å². The number of nitro groups is 1. The fourth-order valence-corrected chi connectivity index (χ4v) is 2.16. The van der Waals surface area contributed by atoms with Crippen LogP contribution >= 0.6 is 11.6 Å². The molecule has 0 fully saturated rings. The summed E-state index contributed by atoms with van der Waals surface area (Å²) in [5, 5.41) is 9.54. The standard InChI is InChI=1S/C14H16ClF3N2O4/c1-3-4-5-24-13(21)11(15)9-6-8(2)7-10(14(16,17)18)19-12(9)20(22)23/h7,11H,3-6H2,1-2H3. The van der Waals surface area contributed by atoms with Gasteiger partial charge in [-0.1, -0.05) is 18.9 Å². The van der Waals surface area contributed by atoms with Crippen LogP contribution in [0.3, 0.4) is 0 Å². The third-order valence-electron chi connectivity index (χ3n) is 3.08. The lowest BCUT2D eigenvalue weighted by Crippen LogP contribution is -2.24. The lowest BCUT2D eigenvalue weighted by molar-refractivity contribution is -0.427. The number of allylic oxidation sites excluding steroid dienone is 2. The van der Waals surface area contributed by atoms with E-state index in [9.17, 15) is 28.1 Å². The van der Waals surface area contributed by atoms with Gasteiger partial charge in [-0.25, -0.2) is 0 Å². The van der Waals surface area contributed by atoms with Crippen molar-refractivity contribution in [1.29, 1.82) is 0 Å². The fourth-order valence-electron chi connectivity index (χ4n) is 1.92. The maximum atomic E-state index is 12.9. The van der Waals surface area contributed by atoms with E-state index in [4.69, 9.17) is 16.3 Å². The van der Waals surface area contributed by atoms with Gasteiger partial charge in [-0.3, -0.25) is 4.79 Å². The molecule has 1 aliphatic rings. The third-order valence-corrected chi connectivity index (χ3v) is 3.53. The van der Waals surface area contributed by atoms with E-state index in [0.29, 0.717) is 12.5 Å². The summed E-state index contributed by atoms with van der Waals surface area (Å²) in [4.78, 5) is 25.0. The highest BCUT2D eigenvalue weighted by Gasteiger charge is 2.42. The van der Waals surface area contributed by atoms with Crippen molar-refractivity contribution in [3.05, 3.63) is 33.2 Å². The van der Waals surface area contributed by atoms with Gasteiger partial charge in [0.15, 0.2) is 5.38 Å². The van der Waals surface area contributed by atoms with Crippen LogP contribution in [0.5, 0.6) is 0 Å². The first-order valence-corrected chi connectivity index (χ1v) is 7.52. The lowest BCUT2D eigenvalue weighted by Gasteiger charge is -2.12. The maximum absolute atomic E-state index is 12.9. The molecule has 0 aliphatic carbocycles. The fraction of sp³-hybridized carbons (Fsp3) is 0.571. The summed E-state index contributed by atoms with van der Waals surface area (Å²) in [6.07, 6.45) is -3.11. The number of esters is 1. The first kappa shape index (κ1) is 20.1. The van der Waals surface area contributed by atoms with E-state index in [1.807, 2.05) is 6.92 Å². The zero-order valence-corrected chi connectivity index (χ0v) is 13.8. The van der Waals surface area contributed by atoms with Crippen LogP contribution in [-0.2, 0) is 9.53 Å². The average Bonchev–Trinajstić information content (AvgIpc) is 2.65. The van der Waals surface area contributed by atoms with E-state index in [0.717, 1.165) is 6.42 Å². The maximum Gasteiger partial charge on any atom is 0.457 e. The number of aliphatic imine (C=N–C) groups is 1. The monoisotopic (exact) mass is 368 g/mol. The van der Waals surface area contributed by atoms with Gasteiger partial charge in [0.1, 0.15) is 0 Å². The van der Waals surface area contributed by atoms with Crippen molar-refractivity contribution in [2.75, 3.05) is 6.61 Å². The molecular formula is C14H16ClF3N2O4. The number of carbonyl (C=O) groups excluding carboxylic acids is 1. The normalized spacial score (nSPS) is 16.9. The molecule has 6 nitrogen and oxygen atoms in total. The SMILES string of the molecule is CCCCOC(=O)C(Cl)C1=C([N+](=O)[O-])N=C(C(F)(F)F)C=C(C)C1. The van der Waals surface area contributed by atoms with Crippen LogP contribution in [0, 0.1) is 10.1 Å². The molecule has 1 rings (SSSR count). The topological polar surface area (TPSA) is 81.8 Å². The molecule has 1 atom stereocenters. The number of unbranched alkanes of at least 4 members (excludes halogenated alkanes) is 1. The summed E-state index contributed by atoms with van der Waals surface area (Å²) in [5.41, 5.74) is -1.59. The predicted octanol–water partition coefficient (Wildman–Crippen LogP) is 3.78. The largest absolute Gasteiger partial charge is 0.464 e. The van der Waals surface area contributed by atoms with Gasteiger partial charge >= 0.3 is 18.0 Å². The van der Waals surface area contributed by atoms with E-state index in [-0.39, 0.29) is 24.2 Å². The Labute approximate surface area is 141 Å². The zero-order valence-electron chi connectivity index (χ0n) is 13.0. The Morgan fingerprint density at radius 3 is 2.67 bits per heavy atom. The molecule has 0 bridgehead atoms. The van der Waals surface area contributed by atoms with Crippen molar-refractivity contribution >= 4 is 23.3 Å². The molecule has 24 heavy (non-hydrogen) atoms. The van der Waals surface area contributed by atoms with Crippen LogP contribution < -0.4 is 0 Å². The number of hydrogen-bond donors (Lipinski definition) is 0. The molecule has 134 valence electrons. The van der Waals surface area contributed by atoms with E-state index < -0.39 is 34.0 Å². The van der Waals surface area contributed by atoms with E-state index in [1.165, 1.54) is 6.92 Å². The molecule has 10 heteroatoms. The minimum absolute atomic E-state index is 0.0749. The first-order chi connectivity index (χ1) is 11.1. The molecule has 1 heterocycles. The van der Waals surface area contributed by atoms with Gasteiger partial charge in [0.25, 0.3) is 5.71 Å². The number of alkyl halides is 4. The van der Waals surface area contributed by atoms with Gasteiger partial charge < -0.3 is 14.9 Å². The molecule has 1 aliphatic heterocycles. The average molecular weight is 369 g/mol. The van der Waals surface area contributed by atoms with Crippen molar-refractivity contribution < 1.29 is 27.6 Å². The Hall–Kier alpha value is -1.90. The lowest BCUT2D eigenvalue weighted by atomic mass is 10.0. The Morgan fingerprint density at radius 2 is 2.17 bits per heavy atom. The first-order valence-electron chi connectivity index (χ1n) is 7.09. The van der Waals surface area contributed by atoms with Crippen LogP contribution in [0.4, 0.5) is 13.2 Å². The highest BCUT2D eigenvalue weighted by Crippen LogP contribution is 2.30. The summed E-state index contributed by atoms with van der Waals surface area (Å²) in [7, 11) is 0. The second-order valence-corrected chi connectivity index (χ2v) is 5.59. The molecule has 0 aromatic rings. The summed E-state index contributed by atoms with van der Waals surface area (Å²) in [5.74, 6) is -2.03. The molecule has 0 saturated carbocycles. The number of nitrogens with zero attached hydrogens (tertiary/aromatic N) is 2. The van der Waals surface area contributed by atoms with Crippen LogP contribution in [0.25, 0.3) is 0 Å². The van der Waals surface area contributed by atoms with Crippen LogP contribution in [0.2, 0.25) is 0 Å². The van der Waals surface area contributed by atoms with E-state index in [2.05, 4.69) is 4.99 Å². The Kier molecular flexibility index (Phi) is 6.94. The third kappa shape index (κ3) is 5.33.